The predicted octanol–water partition coefficient (Wildman–Crippen LogP) is 1.50. The van der Waals surface area contributed by atoms with Gasteiger partial charge in [-0.3, -0.25) is 4.18 Å². The van der Waals surface area contributed by atoms with Crippen molar-refractivity contribution in [3.05, 3.63) is 29.3 Å². The first-order chi connectivity index (χ1) is 9.91. The second-order valence-corrected chi connectivity index (χ2v) is 6.53. The Kier molecular flexibility index (Phi) is 5.11. The Morgan fingerprint density at radius 2 is 1.86 bits per heavy atom. The number of carbonyl (C=O) groups is 1. The van der Waals surface area contributed by atoms with Crippen LogP contribution in [-0.2, 0) is 20.0 Å². The summed E-state index contributed by atoms with van der Waals surface area (Å²) < 4.78 is 33.1. The van der Waals surface area contributed by atoms with E-state index in [2.05, 4.69) is 29.5 Å². The van der Waals surface area contributed by atoms with Crippen LogP contribution in [0.4, 0.5) is 5.69 Å². The lowest BCUT2D eigenvalue weighted by molar-refractivity contribution is -0.403. The van der Waals surface area contributed by atoms with Crippen LogP contribution in [0.3, 0.4) is 0 Å². The van der Waals surface area contributed by atoms with E-state index < -0.39 is 16.4 Å². The molecular formula is C14H19NO6S. The highest BCUT2D eigenvalue weighted by Gasteiger charge is 2.41. The second kappa shape index (κ2) is 6.15. The number of hydrogen-bond acceptors (Lipinski definition) is 5. The molecule has 1 aromatic carbocycles. The molecule has 0 bridgehead atoms. The molecule has 0 aromatic heterocycles. The van der Waals surface area contributed by atoms with E-state index in [1.165, 1.54) is 5.71 Å². The van der Waals surface area contributed by atoms with Gasteiger partial charge in [-0.2, -0.15) is 0 Å². The summed E-state index contributed by atoms with van der Waals surface area (Å²) in [5, 5.41) is 9.00. The SMILES string of the molecule is CC1=[N+](C)c2ccc(C(=O)O)cc2C1(C)C.COS(=O)(=O)[O-]. The van der Waals surface area contributed by atoms with E-state index in [4.69, 9.17) is 5.11 Å². The van der Waals surface area contributed by atoms with Crippen LogP contribution in [0.5, 0.6) is 0 Å². The molecule has 0 saturated carbocycles. The summed E-state index contributed by atoms with van der Waals surface area (Å²) in [7, 11) is -1.59. The highest BCUT2D eigenvalue weighted by atomic mass is 32.3. The van der Waals surface area contributed by atoms with Gasteiger partial charge in [-0.25, -0.2) is 17.8 Å². The monoisotopic (exact) mass is 329 g/mol. The van der Waals surface area contributed by atoms with E-state index in [9.17, 15) is 17.8 Å². The molecule has 0 fully saturated rings. The molecule has 0 unspecified atom stereocenters. The Morgan fingerprint density at radius 1 is 1.36 bits per heavy atom. The summed E-state index contributed by atoms with van der Waals surface area (Å²) in [6.07, 6.45) is 0. The smallest absolute Gasteiger partial charge is 0.335 e. The molecule has 122 valence electrons. The van der Waals surface area contributed by atoms with Crippen LogP contribution in [-0.4, -0.2) is 48.5 Å². The number of nitrogens with zero attached hydrogens (tertiary/aromatic N) is 1. The van der Waals surface area contributed by atoms with E-state index in [1.54, 1.807) is 12.1 Å². The van der Waals surface area contributed by atoms with Gasteiger partial charge >= 0.3 is 5.97 Å². The fourth-order valence-corrected chi connectivity index (χ4v) is 2.26. The van der Waals surface area contributed by atoms with Gasteiger partial charge in [0.05, 0.1) is 18.1 Å². The van der Waals surface area contributed by atoms with Crippen molar-refractivity contribution in [1.29, 1.82) is 0 Å². The van der Waals surface area contributed by atoms with Crippen LogP contribution in [0.15, 0.2) is 18.2 Å². The fraction of sp³-hybridized carbons (Fsp3) is 0.429. The first-order valence-corrected chi connectivity index (χ1v) is 7.72. The summed E-state index contributed by atoms with van der Waals surface area (Å²) in [6, 6.07) is 5.33. The van der Waals surface area contributed by atoms with E-state index in [1.807, 2.05) is 13.1 Å². The topological polar surface area (TPSA) is 107 Å². The van der Waals surface area contributed by atoms with Crippen LogP contribution in [0.2, 0.25) is 0 Å². The average molecular weight is 329 g/mol. The maximum Gasteiger partial charge on any atom is 0.335 e. The maximum absolute atomic E-state index is 11.0. The summed E-state index contributed by atoms with van der Waals surface area (Å²) in [4.78, 5) is 11.0. The van der Waals surface area contributed by atoms with E-state index in [-0.39, 0.29) is 5.41 Å². The van der Waals surface area contributed by atoms with Crippen molar-refractivity contribution in [1.82, 2.24) is 0 Å². The summed E-state index contributed by atoms with van der Waals surface area (Å²) in [6.45, 7) is 6.33. The highest BCUT2D eigenvalue weighted by Crippen LogP contribution is 2.39. The largest absolute Gasteiger partial charge is 0.726 e. The van der Waals surface area contributed by atoms with Crippen LogP contribution in [0.1, 0.15) is 36.7 Å². The van der Waals surface area contributed by atoms with E-state index in [0.717, 1.165) is 18.4 Å². The molecular weight excluding hydrogens is 310 g/mol. The molecule has 1 aliphatic heterocycles. The molecule has 1 N–H and O–H groups in total. The third-order valence-corrected chi connectivity index (χ3v) is 4.30. The van der Waals surface area contributed by atoms with Crippen molar-refractivity contribution in [3.8, 4) is 0 Å². The van der Waals surface area contributed by atoms with Gasteiger partial charge < -0.3 is 9.66 Å². The van der Waals surface area contributed by atoms with E-state index >= 15 is 0 Å². The number of hydrogen-bond donors (Lipinski definition) is 1. The summed E-state index contributed by atoms with van der Waals surface area (Å²) in [5.74, 6) is -0.870. The van der Waals surface area contributed by atoms with Gasteiger partial charge in [-0.05, 0) is 26.0 Å². The minimum Gasteiger partial charge on any atom is -0.726 e. The lowest BCUT2D eigenvalue weighted by atomic mass is 9.81. The third kappa shape index (κ3) is 3.70. The first kappa shape index (κ1) is 18.3. The minimum absolute atomic E-state index is 0.0878. The third-order valence-electron chi connectivity index (χ3n) is 3.89. The van der Waals surface area contributed by atoms with Crippen molar-refractivity contribution in [2.75, 3.05) is 14.2 Å². The Bertz CT molecular complexity index is 734. The highest BCUT2D eigenvalue weighted by molar-refractivity contribution is 7.80. The summed E-state index contributed by atoms with van der Waals surface area (Å²) in [5.41, 5.74) is 3.70. The number of carboxylic acid groups (broad SMARTS) is 1. The van der Waals surface area contributed by atoms with Gasteiger partial charge in [0.2, 0.25) is 16.1 Å². The van der Waals surface area contributed by atoms with Crippen molar-refractivity contribution in [2.24, 2.45) is 0 Å². The van der Waals surface area contributed by atoms with Crippen molar-refractivity contribution in [2.45, 2.75) is 26.2 Å². The Balaban J connectivity index is 0.000000346. The van der Waals surface area contributed by atoms with Crippen LogP contribution in [0.25, 0.3) is 0 Å². The molecule has 1 heterocycles. The van der Waals surface area contributed by atoms with Gasteiger partial charge in [-0.15, -0.1) is 0 Å². The molecule has 7 nitrogen and oxygen atoms in total. The second-order valence-electron chi connectivity index (χ2n) is 5.38. The Labute approximate surface area is 129 Å². The lowest BCUT2D eigenvalue weighted by Crippen LogP contribution is -2.25. The number of fused-ring (bicyclic) bond motifs is 1. The lowest BCUT2D eigenvalue weighted by Gasteiger charge is -2.15. The standard InChI is InChI=1S/C13H15NO2.CH4O4S/c1-8-13(2,3)10-7-9(12(15)16)5-6-11(10)14(8)4;1-5-6(2,3)4/h5-7H,1-4H3;1H3,(H,2,3,4). The zero-order chi connectivity index (χ0) is 17.3. The molecule has 0 radical (unpaired) electrons. The van der Waals surface area contributed by atoms with Crippen LogP contribution in [0, 0.1) is 0 Å². The molecule has 2 rings (SSSR count). The fourth-order valence-electron chi connectivity index (χ4n) is 2.26. The predicted molar refractivity (Wildman–Crippen MR) is 79.7 cm³/mol. The molecule has 0 saturated heterocycles. The molecule has 0 aliphatic carbocycles. The number of rotatable bonds is 2. The molecule has 8 heteroatoms. The van der Waals surface area contributed by atoms with Gasteiger partial charge in [0.25, 0.3) is 0 Å². The Morgan fingerprint density at radius 3 is 2.27 bits per heavy atom. The van der Waals surface area contributed by atoms with Gasteiger partial charge in [0, 0.05) is 18.6 Å². The molecule has 0 atom stereocenters. The van der Waals surface area contributed by atoms with Crippen molar-refractivity contribution < 1.29 is 31.6 Å². The quantitative estimate of drug-likeness (QED) is 0.500. The molecule has 0 spiro atoms. The first-order valence-electron chi connectivity index (χ1n) is 6.39. The maximum atomic E-state index is 11.0. The molecule has 1 aliphatic rings. The van der Waals surface area contributed by atoms with Crippen molar-refractivity contribution in [3.63, 3.8) is 0 Å². The molecule has 22 heavy (non-hydrogen) atoms. The Hall–Kier alpha value is -1.77. The number of benzene rings is 1. The number of carboxylic acids is 1. The molecule has 0 amide bonds. The van der Waals surface area contributed by atoms with Crippen LogP contribution < -0.4 is 0 Å². The normalized spacial score (nSPS) is 15.9. The average Bonchev–Trinajstić information content (AvgIpc) is 2.60. The van der Waals surface area contributed by atoms with Gasteiger partial charge in [0.1, 0.15) is 7.05 Å². The van der Waals surface area contributed by atoms with Gasteiger partial charge in [-0.1, -0.05) is 0 Å². The van der Waals surface area contributed by atoms with Crippen LogP contribution >= 0.6 is 0 Å². The minimum atomic E-state index is -4.41. The summed E-state index contributed by atoms with van der Waals surface area (Å²) >= 11 is 0. The van der Waals surface area contributed by atoms with Crippen molar-refractivity contribution >= 4 is 27.8 Å². The van der Waals surface area contributed by atoms with Gasteiger partial charge in [0.15, 0.2) is 5.71 Å². The molecule has 1 aromatic rings. The number of aromatic carboxylic acids is 1. The zero-order valence-corrected chi connectivity index (χ0v) is 13.9. The van der Waals surface area contributed by atoms with E-state index in [0.29, 0.717) is 5.56 Å². The zero-order valence-electron chi connectivity index (χ0n) is 13.1.